The van der Waals surface area contributed by atoms with Gasteiger partial charge in [0.2, 0.25) is 0 Å². The Hall–Kier alpha value is -1.06. The van der Waals surface area contributed by atoms with Crippen molar-refractivity contribution in [2.45, 2.75) is 31.4 Å². The quantitative estimate of drug-likeness (QED) is 0.783. The molecule has 0 spiro atoms. The van der Waals surface area contributed by atoms with Crippen LogP contribution in [0.2, 0.25) is 0 Å². The Morgan fingerprint density at radius 2 is 2.29 bits per heavy atom. The topological polar surface area (TPSA) is 27.1 Å². The molecule has 1 aliphatic rings. The minimum Gasteiger partial charge on any atom is -0.376 e. The van der Waals surface area contributed by atoms with Gasteiger partial charge in [-0.2, -0.15) is 0 Å². The molecule has 1 saturated heterocycles. The van der Waals surface area contributed by atoms with Crippen molar-refractivity contribution in [1.29, 1.82) is 0 Å². The third-order valence-electron chi connectivity index (χ3n) is 3.22. The van der Waals surface area contributed by atoms with Crippen molar-refractivity contribution < 1.29 is 4.74 Å². The van der Waals surface area contributed by atoms with Crippen LogP contribution in [-0.2, 0) is 11.3 Å². The SMILES string of the molecule is C[C@@H](Cl)c1nc2ccccc2n1C[C@@H]1CCO1. The molecule has 0 N–H and O–H groups in total. The highest BCUT2D eigenvalue weighted by molar-refractivity contribution is 6.20. The first-order valence-corrected chi connectivity index (χ1v) is 6.40. The van der Waals surface area contributed by atoms with Crippen molar-refractivity contribution in [3.05, 3.63) is 30.1 Å². The Kier molecular flexibility index (Phi) is 2.81. The van der Waals surface area contributed by atoms with Crippen LogP contribution in [0, 0.1) is 0 Å². The minimum absolute atomic E-state index is 0.0810. The van der Waals surface area contributed by atoms with Crippen LogP contribution in [0.25, 0.3) is 11.0 Å². The van der Waals surface area contributed by atoms with E-state index in [1.807, 2.05) is 25.1 Å². The number of nitrogens with zero attached hydrogens (tertiary/aromatic N) is 2. The molecule has 1 aromatic carbocycles. The second kappa shape index (κ2) is 4.31. The molecule has 2 aromatic rings. The van der Waals surface area contributed by atoms with Crippen LogP contribution in [0.5, 0.6) is 0 Å². The van der Waals surface area contributed by atoms with Crippen LogP contribution >= 0.6 is 11.6 Å². The summed E-state index contributed by atoms with van der Waals surface area (Å²) in [5.74, 6) is 0.934. The lowest BCUT2D eigenvalue weighted by atomic mass is 10.2. The highest BCUT2D eigenvalue weighted by Gasteiger charge is 2.22. The lowest BCUT2D eigenvalue weighted by Crippen LogP contribution is -2.31. The van der Waals surface area contributed by atoms with Crippen molar-refractivity contribution in [3.8, 4) is 0 Å². The Labute approximate surface area is 105 Å². The summed E-state index contributed by atoms with van der Waals surface area (Å²) in [5, 5.41) is -0.0810. The van der Waals surface area contributed by atoms with Crippen molar-refractivity contribution in [2.24, 2.45) is 0 Å². The molecule has 90 valence electrons. The summed E-state index contributed by atoms with van der Waals surface area (Å²) in [6.07, 6.45) is 1.45. The van der Waals surface area contributed by atoms with E-state index in [1.54, 1.807) is 0 Å². The molecule has 1 aliphatic heterocycles. The largest absolute Gasteiger partial charge is 0.376 e. The molecule has 0 radical (unpaired) electrons. The highest BCUT2D eigenvalue weighted by Crippen LogP contribution is 2.26. The summed E-state index contributed by atoms with van der Waals surface area (Å²) in [6.45, 7) is 3.69. The van der Waals surface area contributed by atoms with E-state index >= 15 is 0 Å². The van der Waals surface area contributed by atoms with Gasteiger partial charge >= 0.3 is 0 Å². The smallest absolute Gasteiger partial charge is 0.127 e. The van der Waals surface area contributed by atoms with E-state index in [-0.39, 0.29) is 5.38 Å². The van der Waals surface area contributed by atoms with Gasteiger partial charge in [0.1, 0.15) is 5.82 Å². The summed E-state index contributed by atoms with van der Waals surface area (Å²) in [4.78, 5) is 4.60. The number of halogens is 1. The second-order valence-corrected chi connectivity index (χ2v) is 5.12. The zero-order chi connectivity index (χ0) is 11.8. The van der Waals surface area contributed by atoms with Crippen molar-refractivity contribution in [1.82, 2.24) is 9.55 Å². The maximum absolute atomic E-state index is 6.20. The molecule has 4 heteroatoms. The molecule has 2 atom stereocenters. The first-order chi connectivity index (χ1) is 8.25. The number of alkyl halides is 1. The first kappa shape index (κ1) is 11.1. The van der Waals surface area contributed by atoms with Crippen molar-refractivity contribution in [3.63, 3.8) is 0 Å². The second-order valence-electron chi connectivity index (χ2n) is 4.47. The van der Waals surface area contributed by atoms with Crippen LogP contribution in [0.15, 0.2) is 24.3 Å². The average Bonchev–Trinajstić information content (AvgIpc) is 2.62. The van der Waals surface area contributed by atoms with Gasteiger partial charge in [0.05, 0.1) is 29.1 Å². The van der Waals surface area contributed by atoms with Gasteiger partial charge in [0.15, 0.2) is 0 Å². The monoisotopic (exact) mass is 250 g/mol. The van der Waals surface area contributed by atoms with E-state index in [0.717, 1.165) is 36.4 Å². The molecule has 1 fully saturated rings. The van der Waals surface area contributed by atoms with E-state index < -0.39 is 0 Å². The highest BCUT2D eigenvalue weighted by atomic mass is 35.5. The van der Waals surface area contributed by atoms with Gasteiger partial charge in [-0.3, -0.25) is 0 Å². The molecule has 2 heterocycles. The Morgan fingerprint density at radius 3 is 2.94 bits per heavy atom. The normalized spacial score (nSPS) is 21.4. The van der Waals surface area contributed by atoms with E-state index in [4.69, 9.17) is 16.3 Å². The molecule has 17 heavy (non-hydrogen) atoms. The number of imidazole rings is 1. The predicted octanol–water partition coefficient (Wildman–Crippen LogP) is 3.13. The fourth-order valence-electron chi connectivity index (χ4n) is 2.22. The van der Waals surface area contributed by atoms with Crippen LogP contribution in [0.1, 0.15) is 24.5 Å². The number of hydrogen-bond acceptors (Lipinski definition) is 2. The number of benzene rings is 1. The predicted molar refractivity (Wildman–Crippen MR) is 68.4 cm³/mol. The number of aromatic nitrogens is 2. The summed E-state index contributed by atoms with van der Waals surface area (Å²) in [5.41, 5.74) is 2.15. The van der Waals surface area contributed by atoms with E-state index in [2.05, 4.69) is 15.6 Å². The van der Waals surface area contributed by atoms with Gasteiger partial charge in [-0.15, -0.1) is 11.6 Å². The van der Waals surface area contributed by atoms with Gasteiger partial charge in [0.25, 0.3) is 0 Å². The number of hydrogen-bond donors (Lipinski definition) is 0. The summed E-state index contributed by atoms with van der Waals surface area (Å²) in [6, 6.07) is 8.15. The van der Waals surface area contributed by atoms with E-state index in [1.165, 1.54) is 0 Å². The molecule has 0 saturated carbocycles. The van der Waals surface area contributed by atoms with Crippen LogP contribution in [0.4, 0.5) is 0 Å². The zero-order valence-corrected chi connectivity index (χ0v) is 10.5. The van der Waals surface area contributed by atoms with Crippen molar-refractivity contribution in [2.75, 3.05) is 6.61 Å². The van der Waals surface area contributed by atoms with Gasteiger partial charge in [-0.25, -0.2) is 4.98 Å². The molecular formula is C13H15ClN2O. The Bertz CT molecular complexity index is 531. The zero-order valence-electron chi connectivity index (χ0n) is 9.77. The lowest BCUT2D eigenvalue weighted by Gasteiger charge is -2.27. The summed E-state index contributed by atoms with van der Waals surface area (Å²) < 4.78 is 7.69. The Morgan fingerprint density at radius 1 is 1.53 bits per heavy atom. The van der Waals surface area contributed by atoms with Gasteiger partial charge in [0, 0.05) is 6.61 Å². The standard InChI is InChI=1S/C13H15ClN2O/c1-9(14)13-15-11-4-2-3-5-12(11)16(13)8-10-6-7-17-10/h2-5,9-10H,6-8H2,1H3/t9-,10+/m1/s1. The van der Waals surface area contributed by atoms with Crippen LogP contribution < -0.4 is 0 Å². The summed E-state index contributed by atoms with van der Waals surface area (Å²) >= 11 is 6.20. The lowest BCUT2D eigenvalue weighted by molar-refractivity contribution is -0.0590. The van der Waals surface area contributed by atoms with Crippen molar-refractivity contribution >= 4 is 22.6 Å². The Balaban J connectivity index is 2.06. The maximum atomic E-state index is 6.20. The molecule has 3 nitrogen and oxygen atoms in total. The fourth-order valence-corrected chi connectivity index (χ4v) is 2.39. The molecule has 1 aromatic heterocycles. The third-order valence-corrected chi connectivity index (χ3v) is 3.41. The van der Waals surface area contributed by atoms with Gasteiger partial charge < -0.3 is 9.30 Å². The fraction of sp³-hybridized carbons (Fsp3) is 0.462. The summed E-state index contributed by atoms with van der Waals surface area (Å²) in [7, 11) is 0. The van der Waals surface area contributed by atoms with Crippen LogP contribution in [-0.4, -0.2) is 22.3 Å². The average molecular weight is 251 g/mol. The molecule has 0 unspecified atom stereocenters. The minimum atomic E-state index is -0.0810. The van der Waals surface area contributed by atoms with Gasteiger partial charge in [-0.05, 0) is 25.5 Å². The number of rotatable bonds is 3. The van der Waals surface area contributed by atoms with Gasteiger partial charge in [-0.1, -0.05) is 12.1 Å². The first-order valence-electron chi connectivity index (χ1n) is 5.96. The maximum Gasteiger partial charge on any atom is 0.127 e. The van der Waals surface area contributed by atoms with E-state index in [0.29, 0.717) is 6.10 Å². The molecular weight excluding hydrogens is 236 g/mol. The number of para-hydroxylation sites is 2. The molecule has 0 aliphatic carbocycles. The molecule has 0 amide bonds. The van der Waals surface area contributed by atoms with Crippen LogP contribution in [0.3, 0.4) is 0 Å². The third kappa shape index (κ3) is 1.94. The molecule has 0 bridgehead atoms. The number of fused-ring (bicyclic) bond motifs is 1. The number of ether oxygens (including phenoxy) is 1. The van der Waals surface area contributed by atoms with E-state index in [9.17, 15) is 0 Å². The molecule has 3 rings (SSSR count).